The Labute approximate surface area is 191 Å². The van der Waals surface area contributed by atoms with Crippen molar-refractivity contribution < 1.29 is 4.79 Å². The number of rotatable bonds is 8. The van der Waals surface area contributed by atoms with E-state index in [4.69, 9.17) is 5.26 Å². The Morgan fingerprint density at radius 3 is 2.48 bits per heavy atom. The number of nitrogens with zero attached hydrogens (tertiary/aromatic N) is 5. The zero-order valence-corrected chi connectivity index (χ0v) is 18.1. The van der Waals surface area contributed by atoms with Crippen LogP contribution in [0.25, 0.3) is 5.69 Å². The van der Waals surface area contributed by atoms with Crippen LogP contribution in [0.5, 0.6) is 0 Å². The number of amides is 1. The summed E-state index contributed by atoms with van der Waals surface area (Å²) in [6.07, 6.45) is 3.99. The maximum absolute atomic E-state index is 13.1. The van der Waals surface area contributed by atoms with Crippen molar-refractivity contribution in [1.29, 1.82) is 5.26 Å². The fourth-order valence-corrected chi connectivity index (χ4v) is 3.38. The van der Waals surface area contributed by atoms with E-state index in [1.807, 2.05) is 55.5 Å². The van der Waals surface area contributed by atoms with Crippen LogP contribution in [0.15, 0.2) is 79.3 Å². The second-order valence-corrected chi connectivity index (χ2v) is 7.48. The molecule has 8 nitrogen and oxygen atoms in total. The number of hydrogen-bond acceptors (Lipinski definition) is 6. The Hall–Kier alpha value is -4.35. The lowest BCUT2D eigenvalue weighted by Crippen LogP contribution is -2.34. The molecule has 0 radical (unpaired) electrons. The minimum atomic E-state index is -0.538. The average molecular weight is 438 g/mol. The lowest BCUT2D eigenvalue weighted by Gasteiger charge is -2.19. The molecule has 0 fully saturated rings. The average Bonchev–Trinajstić information content (AvgIpc) is 3.29. The molecule has 1 amide bonds. The van der Waals surface area contributed by atoms with Gasteiger partial charge in [-0.1, -0.05) is 42.5 Å². The number of carbonyl (C=O) groups excluding carboxylic acids is 1. The maximum Gasteiger partial charge on any atom is 0.247 e. The van der Waals surface area contributed by atoms with Gasteiger partial charge in [-0.05, 0) is 48.7 Å². The highest BCUT2D eigenvalue weighted by molar-refractivity contribution is 5.94. The molecular weight excluding hydrogens is 414 g/mol. The Bertz CT molecular complexity index is 1240. The van der Waals surface area contributed by atoms with Crippen LogP contribution in [-0.4, -0.2) is 32.2 Å². The predicted molar refractivity (Wildman–Crippen MR) is 125 cm³/mol. The van der Waals surface area contributed by atoms with Crippen LogP contribution in [0.4, 0.5) is 5.82 Å². The van der Waals surface area contributed by atoms with E-state index < -0.39 is 6.04 Å². The van der Waals surface area contributed by atoms with Crippen molar-refractivity contribution >= 4 is 11.7 Å². The summed E-state index contributed by atoms with van der Waals surface area (Å²) >= 11 is 0. The van der Waals surface area contributed by atoms with Crippen LogP contribution in [0.3, 0.4) is 0 Å². The number of aryl methyl sites for hydroxylation is 1. The fraction of sp³-hybridized carbons (Fsp3) is 0.160. The van der Waals surface area contributed by atoms with Crippen LogP contribution in [-0.2, 0) is 11.2 Å². The molecule has 0 saturated carbocycles. The van der Waals surface area contributed by atoms with Crippen molar-refractivity contribution in [2.75, 3.05) is 11.9 Å². The van der Waals surface area contributed by atoms with Crippen molar-refractivity contribution in [2.24, 2.45) is 0 Å². The summed E-state index contributed by atoms with van der Waals surface area (Å²) < 4.78 is 1.63. The number of anilines is 1. The van der Waals surface area contributed by atoms with Crippen molar-refractivity contribution in [2.45, 2.75) is 19.4 Å². The second kappa shape index (κ2) is 10.3. The van der Waals surface area contributed by atoms with E-state index in [0.717, 1.165) is 23.2 Å². The van der Waals surface area contributed by atoms with Crippen LogP contribution >= 0.6 is 0 Å². The molecule has 0 saturated heterocycles. The highest BCUT2D eigenvalue weighted by atomic mass is 16.2. The molecule has 2 aromatic carbocycles. The minimum Gasteiger partial charge on any atom is -0.309 e. The molecule has 2 N–H and O–H groups in total. The third-order valence-corrected chi connectivity index (χ3v) is 5.11. The lowest BCUT2D eigenvalue weighted by atomic mass is 10.1. The van der Waals surface area contributed by atoms with Crippen LogP contribution in [0.2, 0.25) is 0 Å². The smallest absolute Gasteiger partial charge is 0.247 e. The lowest BCUT2D eigenvalue weighted by molar-refractivity contribution is -0.118. The van der Waals surface area contributed by atoms with Crippen molar-refractivity contribution in [3.63, 3.8) is 0 Å². The van der Waals surface area contributed by atoms with Crippen molar-refractivity contribution in [3.05, 3.63) is 102 Å². The Morgan fingerprint density at radius 2 is 1.85 bits per heavy atom. The molecule has 2 aromatic heterocycles. The molecule has 0 aliphatic carbocycles. The first-order chi connectivity index (χ1) is 16.1. The molecular formula is C25H23N7O. The van der Waals surface area contributed by atoms with Crippen LogP contribution < -0.4 is 10.6 Å². The van der Waals surface area contributed by atoms with E-state index >= 15 is 0 Å². The van der Waals surface area contributed by atoms with Gasteiger partial charge in [-0.25, -0.2) is 14.6 Å². The van der Waals surface area contributed by atoms with Gasteiger partial charge in [0.1, 0.15) is 24.0 Å². The van der Waals surface area contributed by atoms with Gasteiger partial charge < -0.3 is 10.6 Å². The summed E-state index contributed by atoms with van der Waals surface area (Å²) in [5.41, 5.74) is 3.35. The van der Waals surface area contributed by atoms with Gasteiger partial charge in [0.2, 0.25) is 5.91 Å². The van der Waals surface area contributed by atoms with Crippen LogP contribution in [0.1, 0.15) is 28.6 Å². The summed E-state index contributed by atoms with van der Waals surface area (Å²) in [7, 11) is 0. The zero-order chi connectivity index (χ0) is 23.0. The zero-order valence-electron chi connectivity index (χ0n) is 18.1. The number of nitriles is 1. The van der Waals surface area contributed by atoms with E-state index in [-0.39, 0.29) is 5.91 Å². The van der Waals surface area contributed by atoms with E-state index in [0.29, 0.717) is 23.8 Å². The molecule has 0 bridgehead atoms. The molecule has 4 aromatic rings. The third kappa shape index (κ3) is 5.67. The number of carbonyl (C=O) groups is 1. The Balaban J connectivity index is 1.42. The molecule has 33 heavy (non-hydrogen) atoms. The van der Waals surface area contributed by atoms with Gasteiger partial charge in [0, 0.05) is 6.54 Å². The van der Waals surface area contributed by atoms with E-state index in [1.54, 1.807) is 35.4 Å². The largest absolute Gasteiger partial charge is 0.309 e. The van der Waals surface area contributed by atoms with Crippen molar-refractivity contribution in [1.82, 2.24) is 25.1 Å². The summed E-state index contributed by atoms with van der Waals surface area (Å²) in [5.74, 6) is 0.929. The van der Waals surface area contributed by atoms with Gasteiger partial charge in [0.05, 0.1) is 23.5 Å². The first kappa shape index (κ1) is 21.9. The molecule has 0 aliphatic heterocycles. The summed E-state index contributed by atoms with van der Waals surface area (Å²) in [6, 6.07) is 22.2. The normalized spacial score (nSPS) is 11.5. The molecule has 8 heteroatoms. The summed E-state index contributed by atoms with van der Waals surface area (Å²) in [4.78, 5) is 21.6. The molecule has 1 atom stereocenters. The topological polar surface area (TPSA) is 109 Å². The third-order valence-electron chi connectivity index (χ3n) is 5.11. The first-order valence-corrected chi connectivity index (χ1v) is 10.6. The molecule has 164 valence electrons. The standard InChI is InChI=1S/C25H23N7O/c1-18-29-17-32(31-18)22-11-12-23(28-16-22)30-25(33)24(21-5-3-2-4-6-21)27-14-13-19-7-9-20(15-26)10-8-19/h2-12,16-17,24,27H,13-14H2,1H3,(H,28,30,33). The van der Waals surface area contributed by atoms with E-state index in [2.05, 4.69) is 31.8 Å². The number of benzene rings is 2. The highest BCUT2D eigenvalue weighted by Gasteiger charge is 2.20. The molecule has 2 heterocycles. The van der Waals surface area contributed by atoms with Crippen LogP contribution in [0, 0.1) is 18.3 Å². The van der Waals surface area contributed by atoms with E-state index in [1.165, 1.54) is 0 Å². The Morgan fingerprint density at radius 1 is 1.06 bits per heavy atom. The number of aromatic nitrogens is 4. The van der Waals surface area contributed by atoms with Gasteiger partial charge >= 0.3 is 0 Å². The molecule has 4 rings (SSSR count). The highest BCUT2D eigenvalue weighted by Crippen LogP contribution is 2.16. The quantitative estimate of drug-likeness (QED) is 0.438. The fourth-order valence-electron chi connectivity index (χ4n) is 3.38. The van der Waals surface area contributed by atoms with Gasteiger partial charge in [-0.2, -0.15) is 10.4 Å². The number of pyridine rings is 1. The van der Waals surface area contributed by atoms with Gasteiger partial charge in [-0.3, -0.25) is 4.79 Å². The molecule has 1 unspecified atom stereocenters. The first-order valence-electron chi connectivity index (χ1n) is 10.6. The number of hydrogen-bond donors (Lipinski definition) is 2. The summed E-state index contributed by atoms with van der Waals surface area (Å²) in [5, 5.41) is 19.4. The van der Waals surface area contributed by atoms with Gasteiger partial charge in [0.15, 0.2) is 0 Å². The Kier molecular flexibility index (Phi) is 6.83. The summed E-state index contributed by atoms with van der Waals surface area (Å²) in [6.45, 7) is 2.41. The van der Waals surface area contributed by atoms with Gasteiger partial charge in [-0.15, -0.1) is 0 Å². The predicted octanol–water partition coefficient (Wildman–Crippen LogP) is 3.35. The second-order valence-electron chi connectivity index (χ2n) is 7.48. The molecule has 0 aliphatic rings. The monoisotopic (exact) mass is 437 g/mol. The van der Waals surface area contributed by atoms with E-state index in [9.17, 15) is 4.79 Å². The SMILES string of the molecule is Cc1ncn(-c2ccc(NC(=O)C(NCCc3ccc(C#N)cc3)c3ccccc3)nc2)n1. The number of nitrogens with one attached hydrogen (secondary N) is 2. The van der Waals surface area contributed by atoms with Crippen molar-refractivity contribution in [3.8, 4) is 11.8 Å². The molecule has 0 spiro atoms. The minimum absolute atomic E-state index is 0.196. The maximum atomic E-state index is 13.1. The van der Waals surface area contributed by atoms with Gasteiger partial charge in [0.25, 0.3) is 0 Å².